The quantitative estimate of drug-likeness (QED) is 0.0777. The highest BCUT2D eigenvalue weighted by atomic mass is 31.3. The molecule has 27 heteroatoms. The van der Waals surface area contributed by atoms with E-state index < -0.39 is 116 Å². The van der Waals surface area contributed by atoms with Gasteiger partial charge in [-0.25, -0.2) is 13.8 Å². The minimum Gasteiger partial charge on any atom is -0.756 e. The van der Waals surface area contributed by atoms with E-state index in [2.05, 4.69) is 29.3 Å². The van der Waals surface area contributed by atoms with Crippen LogP contribution in [0.2, 0.25) is 0 Å². The van der Waals surface area contributed by atoms with E-state index in [9.17, 15) is 53.4 Å². The van der Waals surface area contributed by atoms with Crippen LogP contribution in [0.5, 0.6) is 0 Å². The maximum atomic E-state index is 12.5. The average molecular weight is 757 g/mol. The van der Waals surface area contributed by atoms with E-state index in [-0.39, 0.29) is 19.9 Å². The SMILES string of the molecule is NC(=O)C1CCC[NH+]([C@@H]2O[C@H](COP(=O)([O-])OP(=O)([O-])OC[C@H]3O[C@H](N4CNC5C(N)NCNC54)[C@@H](OP(=O)(O)O)[C@H]3O)[C@@H](O)[C@H]2O)C1. The van der Waals surface area contributed by atoms with Crippen LogP contribution in [0.25, 0.3) is 0 Å². The van der Waals surface area contributed by atoms with E-state index in [0.29, 0.717) is 24.3 Å². The molecule has 1 amide bonds. The molecule has 5 rings (SSSR count). The number of rotatable bonds is 13. The molecule has 0 bridgehead atoms. The second-order valence-corrected chi connectivity index (χ2v) is 16.2. The number of aliphatic hydroxyl groups is 3. The molecule has 0 aromatic heterocycles. The first-order valence-electron chi connectivity index (χ1n) is 14.9. The molecule has 48 heavy (non-hydrogen) atoms. The van der Waals surface area contributed by atoms with E-state index >= 15 is 0 Å². The zero-order valence-corrected chi connectivity index (χ0v) is 27.8. The number of carbonyl (C=O) groups excluding carboxylic acids is 1. The van der Waals surface area contributed by atoms with E-state index in [0.717, 1.165) is 0 Å². The molecule has 13 N–H and O–H groups in total. The average Bonchev–Trinajstić information content (AvgIpc) is 3.64. The fraction of sp³-hybridized carbons (Fsp3) is 0.952. The summed E-state index contributed by atoms with van der Waals surface area (Å²) >= 11 is 0. The molecule has 5 aliphatic rings. The molecule has 7 unspecified atom stereocenters. The summed E-state index contributed by atoms with van der Waals surface area (Å²) < 4.78 is 65.9. The van der Waals surface area contributed by atoms with Crippen LogP contribution in [-0.2, 0) is 45.8 Å². The molecular weight excluding hydrogens is 715 g/mol. The number of phosphoric acid groups is 3. The summed E-state index contributed by atoms with van der Waals surface area (Å²) in [5, 5.41) is 40.8. The van der Waals surface area contributed by atoms with Crippen molar-refractivity contribution in [3.05, 3.63) is 0 Å². The number of aliphatic hydroxyl groups excluding tert-OH is 3. The summed E-state index contributed by atoms with van der Waals surface area (Å²) in [5.74, 6) is -1.02. The van der Waals surface area contributed by atoms with Crippen LogP contribution in [0.3, 0.4) is 0 Å². The number of hydrogen-bond acceptors (Lipinski definition) is 20. The number of quaternary nitrogens is 1. The van der Waals surface area contributed by atoms with Crippen LogP contribution in [0.4, 0.5) is 0 Å². The molecule has 0 radical (unpaired) electrons. The Balaban J connectivity index is 1.15. The van der Waals surface area contributed by atoms with Gasteiger partial charge in [0.15, 0.2) is 6.10 Å². The maximum absolute atomic E-state index is 12.5. The highest BCUT2D eigenvalue weighted by Crippen LogP contribution is 2.56. The van der Waals surface area contributed by atoms with Gasteiger partial charge in [-0.3, -0.25) is 34.4 Å². The number of hydrogen-bond donors (Lipinski definition) is 11. The standard InChI is InChI=1S/C21H42N7O17P3/c22-17-12-19(25-7-24-17)28(8-26-12)21-16(44-46(33,34)35)14(30)11(43-21)6-41-48(38,39)45-47(36,37)40-5-10-13(29)15(31)20(42-10)27-3-1-2-9(4-27)18(23)32/h9-17,19-21,24-26,29-31H,1-8,22H2,(H2,23,32)(H,36,37)(H,38,39)(H2,33,34,35)/p-1/t9?,10-,11-,12?,13-,14+,15-,16+,17?,19?,20-,21+/m1/s1. The predicted molar refractivity (Wildman–Crippen MR) is 150 cm³/mol. The van der Waals surface area contributed by atoms with Crippen LogP contribution < -0.4 is 42.1 Å². The molecule has 5 heterocycles. The van der Waals surface area contributed by atoms with Crippen LogP contribution in [0.1, 0.15) is 12.8 Å². The van der Waals surface area contributed by atoms with E-state index in [1.54, 1.807) is 0 Å². The minimum atomic E-state index is -5.77. The van der Waals surface area contributed by atoms with E-state index in [1.807, 2.05) is 0 Å². The lowest BCUT2D eigenvalue weighted by molar-refractivity contribution is -0.956. The third-order valence-corrected chi connectivity index (χ3v) is 11.9. The molecule has 0 aliphatic carbocycles. The number of nitrogens with two attached hydrogens (primary N) is 2. The molecule has 0 aromatic carbocycles. The normalized spacial score (nSPS) is 43.5. The molecule has 0 saturated carbocycles. The van der Waals surface area contributed by atoms with Crippen LogP contribution in [-0.4, -0.2) is 143 Å². The summed E-state index contributed by atoms with van der Waals surface area (Å²) in [6.45, 7) is -1.06. The van der Waals surface area contributed by atoms with Crippen molar-refractivity contribution >= 4 is 29.4 Å². The Hall–Kier alpha value is -0.600. The van der Waals surface area contributed by atoms with Crippen LogP contribution in [0.15, 0.2) is 0 Å². The number of piperidine rings is 1. The molecule has 5 aliphatic heterocycles. The summed E-state index contributed by atoms with van der Waals surface area (Å²) in [7, 11) is -16.7. The third kappa shape index (κ3) is 9.06. The molecule has 0 aromatic rings. The molecule has 5 saturated heterocycles. The Morgan fingerprint density at radius 3 is 2.25 bits per heavy atom. The number of primary amides is 1. The van der Waals surface area contributed by atoms with Crippen molar-refractivity contribution in [2.24, 2.45) is 17.4 Å². The Morgan fingerprint density at radius 1 is 0.979 bits per heavy atom. The fourth-order valence-electron chi connectivity index (χ4n) is 6.57. The summed E-state index contributed by atoms with van der Waals surface area (Å²) in [5.41, 5.74) is 11.4. The minimum absolute atomic E-state index is 0.0496. The van der Waals surface area contributed by atoms with E-state index in [1.165, 1.54) is 4.90 Å². The van der Waals surface area contributed by atoms with Gasteiger partial charge < -0.3 is 69.8 Å². The van der Waals surface area contributed by atoms with Gasteiger partial charge in [-0.05, 0) is 12.8 Å². The number of ether oxygens (including phenoxy) is 2. The summed E-state index contributed by atoms with van der Waals surface area (Å²) in [4.78, 5) is 57.4. The van der Waals surface area contributed by atoms with Crippen molar-refractivity contribution in [3.63, 3.8) is 0 Å². The highest BCUT2D eigenvalue weighted by molar-refractivity contribution is 7.59. The molecule has 278 valence electrons. The van der Waals surface area contributed by atoms with Gasteiger partial charge >= 0.3 is 7.82 Å². The number of likely N-dealkylation sites (tertiary alicyclic amines) is 1. The number of carbonyl (C=O) groups is 1. The lowest BCUT2D eigenvalue weighted by atomic mass is 9.96. The largest absolute Gasteiger partial charge is 0.756 e. The predicted octanol–water partition coefficient (Wildman–Crippen LogP) is -8.24. The third-order valence-electron chi connectivity index (χ3n) is 8.86. The number of nitrogens with zero attached hydrogens (tertiary/aromatic N) is 1. The van der Waals surface area contributed by atoms with Crippen molar-refractivity contribution in [3.8, 4) is 0 Å². The lowest BCUT2D eigenvalue weighted by Gasteiger charge is -2.39. The van der Waals surface area contributed by atoms with Crippen molar-refractivity contribution in [1.82, 2.24) is 20.9 Å². The van der Waals surface area contributed by atoms with Crippen molar-refractivity contribution in [2.45, 2.75) is 80.3 Å². The number of nitrogens with one attached hydrogen (secondary N) is 4. The van der Waals surface area contributed by atoms with Crippen molar-refractivity contribution in [2.75, 3.05) is 39.6 Å². The number of amides is 1. The van der Waals surface area contributed by atoms with Gasteiger partial charge in [0.1, 0.15) is 36.7 Å². The van der Waals surface area contributed by atoms with Crippen LogP contribution in [0, 0.1) is 5.92 Å². The van der Waals surface area contributed by atoms with Crippen molar-refractivity contribution in [1.29, 1.82) is 0 Å². The monoisotopic (exact) mass is 756 g/mol. The number of phosphoric ester groups is 3. The first-order valence-corrected chi connectivity index (χ1v) is 19.4. The van der Waals surface area contributed by atoms with Gasteiger partial charge in [0, 0.05) is 6.67 Å². The summed E-state index contributed by atoms with van der Waals surface area (Å²) in [6, 6.07) is -0.406. The Labute approximate surface area is 273 Å². The zero-order valence-electron chi connectivity index (χ0n) is 25.2. The maximum Gasteiger partial charge on any atom is 0.470 e. The first-order chi connectivity index (χ1) is 22.4. The number of fused-ring (bicyclic) bond motifs is 1. The van der Waals surface area contributed by atoms with Gasteiger partial charge in [0.25, 0.3) is 15.6 Å². The topological polar surface area (TPSA) is 367 Å². The molecule has 5 fully saturated rings. The second kappa shape index (κ2) is 15.2. The zero-order chi connectivity index (χ0) is 35.2. The summed E-state index contributed by atoms with van der Waals surface area (Å²) in [6.07, 6.45) is -12.2. The van der Waals surface area contributed by atoms with Gasteiger partial charge in [-0.2, -0.15) is 0 Å². The van der Waals surface area contributed by atoms with Gasteiger partial charge in [0.2, 0.25) is 12.1 Å². The van der Waals surface area contributed by atoms with Gasteiger partial charge in [-0.15, -0.1) is 0 Å². The van der Waals surface area contributed by atoms with Gasteiger partial charge in [0.05, 0.1) is 57.3 Å². The van der Waals surface area contributed by atoms with Gasteiger partial charge in [-0.1, -0.05) is 0 Å². The first kappa shape index (κ1) is 38.6. The Kier molecular flexibility index (Phi) is 12.2. The fourth-order valence-corrected chi connectivity index (χ4v) is 9.13. The molecule has 15 atom stereocenters. The molecule has 0 spiro atoms. The van der Waals surface area contributed by atoms with Crippen molar-refractivity contribution < 1.29 is 85.6 Å². The highest BCUT2D eigenvalue weighted by Gasteiger charge is 2.55. The lowest BCUT2D eigenvalue weighted by Crippen LogP contribution is -3.18. The Morgan fingerprint density at radius 2 is 1.62 bits per heavy atom. The molecular formula is C21H41N7O17P3-. The van der Waals surface area contributed by atoms with E-state index in [4.69, 9.17) is 25.5 Å². The van der Waals surface area contributed by atoms with Crippen LogP contribution >= 0.6 is 23.5 Å². The second-order valence-electron chi connectivity index (χ2n) is 12.1. The Bertz CT molecular complexity index is 1300. The molecule has 24 nitrogen and oxygen atoms in total. The smallest absolute Gasteiger partial charge is 0.470 e.